The number of rotatable bonds is 54. The van der Waals surface area contributed by atoms with Crippen molar-refractivity contribution >= 4 is 25.7 Å². The number of aliphatic hydroxyl groups is 1. The molecule has 0 aromatic rings. The lowest BCUT2D eigenvalue weighted by Gasteiger charge is -2.21. The first-order chi connectivity index (χ1) is 35.2. The van der Waals surface area contributed by atoms with Gasteiger partial charge in [-0.15, -0.1) is 0 Å². The summed E-state index contributed by atoms with van der Waals surface area (Å²) in [4.78, 5) is 48.4. The molecule has 0 aliphatic carbocycles. The van der Waals surface area contributed by atoms with Crippen LogP contribution in [0.25, 0.3) is 0 Å². The number of allylic oxidation sites excluding steroid dienone is 10. The van der Waals surface area contributed by atoms with E-state index in [1.165, 1.54) is 128 Å². The van der Waals surface area contributed by atoms with Crippen LogP contribution >= 0.6 is 7.82 Å². The molecule has 0 aliphatic heterocycles. The molecule has 0 spiro atoms. The van der Waals surface area contributed by atoms with Gasteiger partial charge in [0.05, 0.1) is 19.8 Å². The van der Waals surface area contributed by atoms with Crippen molar-refractivity contribution in [1.29, 1.82) is 0 Å². The molecule has 0 aliphatic rings. The monoisotopic (exact) mass is 1030 g/mol. The summed E-state index contributed by atoms with van der Waals surface area (Å²) in [5.41, 5.74) is 0. The van der Waals surface area contributed by atoms with E-state index in [9.17, 15) is 28.9 Å². The number of ether oxygens (including phenoxy) is 3. The fraction of sp³-hybridized carbons (Fsp3) is 0.783. The Morgan fingerprint density at radius 2 is 0.722 bits per heavy atom. The van der Waals surface area contributed by atoms with Gasteiger partial charge in [0, 0.05) is 19.3 Å². The summed E-state index contributed by atoms with van der Waals surface area (Å²) in [7, 11) is -4.76. The Bertz CT molecular complexity index is 1440. The van der Waals surface area contributed by atoms with E-state index in [4.69, 9.17) is 23.3 Å². The van der Waals surface area contributed by atoms with Gasteiger partial charge in [-0.25, -0.2) is 4.57 Å². The van der Waals surface area contributed by atoms with Crippen molar-refractivity contribution in [1.82, 2.24) is 0 Å². The van der Waals surface area contributed by atoms with Crippen molar-refractivity contribution in [2.24, 2.45) is 0 Å². The number of esters is 3. The average Bonchev–Trinajstić information content (AvgIpc) is 3.37. The van der Waals surface area contributed by atoms with E-state index >= 15 is 0 Å². The van der Waals surface area contributed by atoms with Crippen LogP contribution in [0.4, 0.5) is 0 Å². The van der Waals surface area contributed by atoms with E-state index in [0.29, 0.717) is 25.7 Å². The Balaban J connectivity index is 4.75. The molecule has 0 heterocycles. The molecule has 0 saturated heterocycles. The van der Waals surface area contributed by atoms with E-state index in [-0.39, 0.29) is 25.9 Å². The summed E-state index contributed by atoms with van der Waals surface area (Å²) in [5, 5.41) is 9.77. The van der Waals surface area contributed by atoms with Crippen LogP contribution in [0.2, 0.25) is 0 Å². The summed E-state index contributed by atoms with van der Waals surface area (Å²) in [6, 6.07) is 0. The minimum absolute atomic E-state index is 0.0913. The zero-order valence-corrected chi connectivity index (χ0v) is 47.0. The number of hydrogen-bond donors (Lipinski definition) is 2. The number of phosphoric acid groups is 1. The van der Waals surface area contributed by atoms with Crippen LogP contribution in [0.5, 0.6) is 0 Å². The van der Waals surface area contributed by atoms with Gasteiger partial charge in [-0.3, -0.25) is 23.4 Å². The number of aliphatic hydroxyl groups excluding tert-OH is 1. The molecule has 0 amide bonds. The molecule has 3 atom stereocenters. The van der Waals surface area contributed by atoms with Crippen LogP contribution in [0, 0.1) is 0 Å². The second kappa shape index (κ2) is 54.4. The van der Waals surface area contributed by atoms with Crippen LogP contribution in [-0.2, 0) is 42.2 Å². The normalized spacial score (nSPS) is 13.8. The van der Waals surface area contributed by atoms with E-state index in [2.05, 4.69) is 69.4 Å². The first-order valence-corrected chi connectivity index (χ1v) is 30.7. The van der Waals surface area contributed by atoms with Crippen LogP contribution in [-0.4, -0.2) is 66.5 Å². The SMILES string of the molecule is CC/C=C\C/C=C\C/C=C\C/C=C\C/C=C\CCCC(=O)OC(COC(=O)CCCCCCCCCCCCCCCCCCCCC)COP(=O)(O)OCC(CO)OC(=O)CCCCCCCCCCC. The topological polar surface area (TPSA) is 155 Å². The average molecular weight is 1040 g/mol. The standard InChI is InChI=1S/C60H107O11P/c1-4-7-10-13-16-19-21-23-25-27-28-30-31-33-35-38-40-43-46-49-58(62)67-53-57(71-60(64)51-48-45-42-39-36-34-32-29-26-24-22-20-17-14-11-8-5-2)55-69-72(65,66)68-54-56(52-61)70-59(63)50-47-44-41-37-18-15-12-9-6-3/h8,11,17,20,24,26,32,34,39,42,56-57,61H,4-7,9-10,12-16,18-19,21-23,25,27-31,33,35-38,40-41,43-55H2,1-3H3,(H,65,66)/b11-8-,20-17-,26-24-,34-32-,42-39-. The van der Waals surface area contributed by atoms with Crippen molar-refractivity contribution in [2.45, 2.75) is 277 Å². The number of hydrogen-bond acceptors (Lipinski definition) is 10. The number of phosphoric ester groups is 1. The van der Waals surface area contributed by atoms with Crippen molar-refractivity contribution in [3.63, 3.8) is 0 Å². The molecule has 418 valence electrons. The van der Waals surface area contributed by atoms with Gasteiger partial charge >= 0.3 is 25.7 Å². The highest BCUT2D eigenvalue weighted by atomic mass is 31.2. The molecule has 0 fully saturated rings. The van der Waals surface area contributed by atoms with Gasteiger partial charge in [0.25, 0.3) is 0 Å². The summed E-state index contributed by atoms with van der Waals surface area (Å²) in [6.45, 7) is 4.47. The fourth-order valence-corrected chi connectivity index (χ4v) is 8.82. The third-order valence-electron chi connectivity index (χ3n) is 12.5. The summed E-state index contributed by atoms with van der Waals surface area (Å²) in [6.07, 6.45) is 59.2. The van der Waals surface area contributed by atoms with Gasteiger partial charge in [-0.1, -0.05) is 248 Å². The quantitative estimate of drug-likeness (QED) is 0.0197. The molecule has 3 unspecified atom stereocenters. The third-order valence-corrected chi connectivity index (χ3v) is 13.4. The minimum Gasteiger partial charge on any atom is -0.462 e. The Morgan fingerprint density at radius 3 is 1.11 bits per heavy atom. The second-order valence-electron chi connectivity index (χ2n) is 19.4. The van der Waals surface area contributed by atoms with Crippen LogP contribution in [0.15, 0.2) is 60.8 Å². The molecular formula is C60H107O11P. The van der Waals surface area contributed by atoms with E-state index in [0.717, 1.165) is 70.6 Å². The molecule has 72 heavy (non-hydrogen) atoms. The minimum atomic E-state index is -4.76. The highest BCUT2D eigenvalue weighted by Gasteiger charge is 2.28. The van der Waals surface area contributed by atoms with Crippen LogP contribution in [0.3, 0.4) is 0 Å². The zero-order chi connectivity index (χ0) is 52.7. The van der Waals surface area contributed by atoms with Crippen molar-refractivity contribution < 1.29 is 52.2 Å². The molecule has 0 radical (unpaired) electrons. The molecule has 0 saturated carbocycles. The van der Waals surface area contributed by atoms with Crippen LogP contribution < -0.4 is 0 Å². The maximum Gasteiger partial charge on any atom is 0.472 e. The number of unbranched alkanes of at least 4 members (excludes halogenated alkanes) is 27. The molecule has 2 N–H and O–H groups in total. The van der Waals surface area contributed by atoms with Gasteiger partial charge in [0.1, 0.15) is 12.7 Å². The Labute approximate surface area is 440 Å². The second-order valence-corrected chi connectivity index (χ2v) is 20.9. The molecule has 0 aromatic carbocycles. The molecular weight excluding hydrogens is 928 g/mol. The van der Waals surface area contributed by atoms with Crippen molar-refractivity contribution in [3.05, 3.63) is 60.8 Å². The number of carbonyl (C=O) groups excluding carboxylic acids is 3. The Morgan fingerprint density at radius 1 is 0.403 bits per heavy atom. The van der Waals surface area contributed by atoms with Crippen molar-refractivity contribution in [2.75, 3.05) is 26.4 Å². The van der Waals surface area contributed by atoms with Gasteiger partial charge in [0.15, 0.2) is 6.10 Å². The fourth-order valence-electron chi connectivity index (χ4n) is 8.04. The Kier molecular flexibility index (Phi) is 52.3. The third kappa shape index (κ3) is 52.1. The van der Waals surface area contributed by atoms with E-state index in [1.807, 2.05) is 12.2 Å². The molecule has 12 heteroatoms. The maximum atomic E-state index is 12.9. The van der Waals surface area contributed by atoms with E-state index < -0.39 is 57.8 Å². The zero-order valence-electron chi connectivity index (χ0n) is 46.1. The summed E-state index contributed by atoms with van der Waals surface area (Å²) >= 11 is 0. The molecule has 0 bridgehead atoms. The maximum absolute atomic E-state index is 12.9. The summed E-state index contributed by atoms with van der Waals surface area (Å²) < 4.78 is 39.4. The van der Waals surface area contributed by atoms with E-state index in [1.54, 1.807) is 0 Å². The molecule has 0 aromatic heterocycles. The highest BCUT2D eigenvalue weighted by molar-refractivity contribution is 7.47. The first kappa shape index (κ1) is 69.2. The van der Waals surface area contributed by atoms with Gasteiger partial charge < -0.3 is 24.2 Å². The predicted molar refractivity (Wildman–Crippen MR) is 298 cm³/mol. The smallest absolute Gasteiger partial charge is 0.462 e. The lowest BCUT2D eigenvalue weighted by molar-refractivity contribution is -0.161. The number of carbonyl (C=O) groups is 3. The lowest BCUT2D eigenvalue weighted by atomic mass is 10.0. The van der Waals surface area contributed by atoms with Gasteiger partial charge in [0.2, 0.25) is 0 Å². The first-order valence-electron chi connectivity index (χ1n) is 29.2. The largest absolute Gasteiger partial charge is 0.472 e. The predicted octanol–water partition coefficient (Wildman–Crippen LogP) is 17.1. The molecule has 11 nitrogen and oxygen atoms in total. The Hall–Kier alpha value is -2.82. The van der Waals surface area contributed by atoms with Gasteiger partial charge in [-0.05, 0) is 57.8 Å². The van der Waals surface area contributed by atoms with Gasteiger partial charge in [-0.2, -0.15) is 0 Å². The lowest BCUT2D eigenvalue weighted by Crippen LogP contribution is -2.30. The van der Waals surface area contributed by atoms with Crippen molar-refractivity contribution in [3.8, 4) is 0 Å². The highest BCUT2D eigenvalue weighted by Crippen LogP contribution is 2.43. The summed E-state index contributed by atoms with van der Waals surface area (Å²) in [5.74, 6) is -1.52. The van der Waals surface area contributed by atoms with Crippen LogP contribution in [0.1, 0.15) is 265 Å². The molecule has 0 rings (SSSR count).